The fourth-order valence-electron chi connectivity index (χ4n) is 1.98. The van der Waals surface area contributed by atoms with Crippen LogP contribution >= 0.6 is 0 Å². The van der Waals surface area contributed by atoms with Gasteiger partial charge in [0.15, 0.2) is 0 Å². The molecule has 0 saturated carbocycles. The van der Waals surface area contributed by atoms with Crippen molar-refractivity contribution in [3.8, 4) is 0 Å². The number of rotatable bonds is 3. The Bertz CT molecular complexity index is 355. The molecule has 0 aromatic carbocycles. The molecule has 2 aliphatic rings. The molecular weight excluding hydrogens is 211 g/mol. The molecule has 5 nitrogen and oxygen atoms in total. The highest BCUT2D eigenvalue weighted by molar-refractivity contribution is 7.02. The quantitative estimate of drug-likeness (QED) is 0.409. The Labute approximate surface area is 93.0 Å². The van der Waals surface area contributed by atoms with Gasteiger partial charge in [0.25, 0.3) is 5.87 Å². The summed E-state index contributed by atoms with van der Waals surface area (Å²) in [6.45, 7) is 4.70. The first-order valence-electron chi connectivity index (χ1n) is 4.94. The Morgan fingerprint density at radius 3 is 3.00 bits per heavy atom. The first-order valence-corrected chi connectivity index (χ1v) is 4.94. The molecule has 84 valence electrons. The van der Waals surface area contributed by atoms with Crippen LogP contribution in [0.2, 0.25) is 0 Å². The van der Waals surface area contributed by atoms with Gasteiger partial charge in [-0.05, 0) is 0 Å². The van der Waals surface area contributed by atoms with Crippen molar-refractivity contribution in [3.63, 3.8) is 0 Å². The van der Waals surface area contributed by atoms with Crippen LogP contribution in [-0.2, 0) is 18.8 Å². The van der Waals surface area contributed by atoms with Crippen molar-refractivity contribution in [1.29, 1.82) is 0 Å². The summed E-state index contributed by atoms with van der Waals surface area (Å²) in [5, 5.41) is 0. The molecular formula is C10H11BO5. The van der Waals surface area contributed by atoms with Crippen LogP contribution in [0.1, 0.15) is 12.8 Å². The van der Waals surface area contributed by atoms with Crippen LogP contribution in [0.15, 0.2) is 25.0 Å². The SMILES string of the molecule is C=CCOC(=O)[B-]12OC(=C)C[C+]1CC(=O)O2. The van der Waals surface area contributed by atoms with Crippen molar-refractivity contribution < 1.29 is 23.6 Å². The molecule has 2 heterocycles. The van der Waals surface area contributed by atoms with E-state index >= 15 is 0 Å². The van der Waals surface area contributed by atoms with E-state index in [0.29, 0.717) is 18.0 Å². The van der Waals surface area contributed by atoms with Crippen LogP contribution < -0.4 is 0 Å². The zero-order valence-electron chi connectivity index (χ0n) is 8.73. The van der Waals surface area contributed by atoms with Gasteiger partial charge in [0.05, 0.1) is 5.76 Å². The molecule has 0 bridgehead atoms. The summed E-state index contributed by atoms with van der Waals surface area (Å²) in [5.74, 6) is -0.0837. The van der Waals surface area contributed by atoms with Gasteiger partial charge in [-0.2, -0.15) is 0 Å². The average Bonchev–Trinajstić information content (AvgIpc) is 2.66. The van der Waals surface area contributed by atoms with E-state index in [1.54, 1.807) is 0 Å². The third-order valence-corrected chi connectivity index (χ3v) is 2.62. The Morgan fingerprint density at radius 1 is 1.56 bits per heavy atom. The number of allylic oxidation sites excluding steroid dienone is 1. The van der Waals surface area contributed by atoms with Gasteiger partial charge in [-0.25, -0.2) is 0 Å². The van der Waals surface area contributed by atoms with Crippen molar-refractivity contribution >= 4 is 18.4 Å². The molecule has 0 aromatic rings. The highest BCUT2D eigenvalue weighted by Gasteiger charge is 2.69. The standard InChI is InChI=1S/C10H11BO5/c1-3-4-14-10(13)11-8(5-7(2)15-11)6-9(12)16-11/h3H,1-2,4-6H2. The highest BCUT2D eigenvalue weighted by Crippen LogP contribution is 2.44. The lowest BCUT2D eigenvalue weighted by Crippen LogP contribution is -2.49. The van der Waals surface area contributed by atoms with E-state index in [1.807, 2.05) is 0 Å². The minimum absolute atomic E-state index is 0.0585. The van der Waals surface area contributed by atoms with E-state index in [1.165, 1.54) is 6.08 Å². The van der Waals surface area contributed by atoms with E-state index < -0.39 is 18.4 Å². The van der Waals surface area contributed by atoms with Crippen LogP contribution in [0.4, 0.5) is 4.79 Å². The molecule has 1 atom stereocenters. The predicted molar refractivity (Wildman–Crippen MR) is 56.1 cm³/mol. The Hall–Kier alpha value is -1.85. The number of ether oxygens (including phenoxy) is 1. The van der Waals surface area contributed by atoms with Crippen LogP contribution in [0.25, 0.3) is 0 Å². The summed E-state index contributed by atoms with van der Waals surface area (Å²) >= 11 is 0. The second-order valence-corrected chi connectivity index (χ2v) is 3.79. The number of hydrogen-bond donors (Lipinski definition) is 0. The normalized spacial score (nSPS) is 27.1. The molecule has 0 spiro atoms. The van der Waals surface area contributed by atoms with Crippen LogP contribution in [0.5, 0.6) is 0 Å². The van der Waals surface area contributed by atoms with Gasteiger partial charge in [0.2, 0.25) is 0 Å². The zero-order valence-corrected chi connectivity index (χ0v) is 8.73. The summed E-state index contributed by atoms with van der Waals surface area (Å²) in [6, 6.07) is 0. The van der Waals surface area contributed by atoms with Crippen molar-refractivity contribution in [2.24, 2.45) is 0 Å². The molecule has 16 heavy (non-hydrogen) atoms. The molecule has 2 aliphatic heterocycles. The van der Waals surface area contributed by atoms with Crippen molar-refractivity contribution in [1.82, 2.24) is 0 Å². The summed E-state index contributed by atoms with van der Waals surface area (Å²) in [6.07, 6.45) is 1.92. The van der Waals surface area contributed by atoms with Gasteiger partial charge >= 0.3 is 12.5 Å². The molecule has 6 heteroatoms. The third kappa shape index (κ3) is 1.46. The van der Waals surface area contributed by atoms with Crippen LogP contribution in [0.3, 0.4) is 0 Å². The molecule has 2 rings (SSSR count). The second-order valence-electron chi connectivity index (χ2n) is 3.79. The summed E-state index contributed by atoms with van der Waals surface area (Å²) < 4.78 is 15.2. The monoisotopic (exact) mass is 222 g/mol. The summed E-state index contributed by atoms with van der Waals surface area (Å²) in [4.78, 5) is 23.0. The van der Waals surface area contributed by atoms with Crippen molar-refractivity contribution in [2.45, 2.75) is 12.8 Å². The van der Waals surface area contributed by atoms with E-state index in [0.717, 1.165) is 0 Å². The second kappa shape index (κ2) is 3.62. The first kappa shape index (κ1) is 10.7. The molecule has 2 saturated heterocycles. The predicted octanol–water partition coefficient (Wildman–Crippen LogP) is 1.33. The number of carbonyl (C=O) groups is 2. The first-order chi connectivity index (χ1) is 7.58. The fourth-order valence-corrected chi connectivity index (χ4v) is 1.98. The smallest absolute Gasteiger partial charge is 0.636 e. The summed E-state index contributed by atoms with van der Waals surface area (Å²) in [5.41, 5.74) is 0. The Kier molecular flexibility index (Phi) is 2.42. The van der Waals surface area contributed by atoms with E-state index in [-0.39, 0.29) is 13.0 Å². The number of hydrogen-bond acceptors (Lipinski definition) is 5. The largest absolute Gasteiger partial charge is 0.660 e. The van der Waals surface area contributed by atoms with E-state index in [9.17, 15) is 9.59 Å². The van der Waals surface area contributed by atoms with Gasteiger partial charge in [0.1, 0.15) is 19.4 Å². The minimum Gasteiger partial charge on any atom is -0.636 e. The van der Waals surface area contributed by atoms with Crippen molar-refractivity contribution in [3.05, 3.63) is 30.8 Å². The fraction of sp³-hybridized carbons (Fsp3) is 0.300. The number of fused-ring (bicyclic) bond motifs is 1. The Morgan fingerprint density at radius 2 is 2.31 bits per heavy atom. The van der Waals surface area contributed by atoms with Crippen LogP contribution in [0, 0.1) is 5.82 Å². The van der Waals surface area contributed by atoms with Crippen molar-refractivity contribution in [2.75, 3.05) is 6.61 Å². The third-order valence-electron chi connectivity index (χ3n) is 2.62. The van der Waals surface area contributed by atoms with E-state index in [2.05, 4.69) is 13.2 Å². The topological polar surface area (TPSA) is 61.8 Å². The Balaban J connectivity index is 2.20. The lowest BCUT2D eigenvalue weighted by Gasteiger charge is -2.23. The van der Waals surface area contributed by atoms with Gasteiger partial charge in [-0.3, -0.25) is 9.59 Å². The lowest BCUT2D eigenvalue weighted by atomic mass is 9.49. The molecule has 0 radical (unpaired) electrons. The maximum Gasteiger partial charge on any atom is 0.660 e. The average molecular weight is 222 g/mol. The van der Waals surface area contributed by atoms with E-state index in [4.69, 9.17) is 14.0 Å². The van der Waals surface area contributed by atoms with Gasteiger partial charge in [0, 0.05) is 5.82 Å². The number of carbonyl (C=O) groups excluding carboxylic acids is 2. The van der Waals surface area contributed by atoms with Gasteiger partial charge in [-0.15, -0.1) is 0 Å². The maximum atomic E-state index is 11.8. The van der Waals surface area contributed by atoms with Gasteiger partial charge in [-0.1, -0.05) is 19.2 Å². The zero-order chi connectivity index (χ0) is 11.8. The molecule has 2 fully saturated rings. The lowest BCUT2D eigenvalue weighted by molar-refractivity contribution is -0.133. The van der Waals surface area contributed by atoms with Crippen LogP contribution in [-0.4, -0.2) is 25.0 Å². The highest BCUT2D eigenvalue weighted by atomic mass is 16.7. The van der Waals surface area contributed by atoms with Gasteiger partial charge < -0.3 is 14.0 Å². The maximum absolute atomic E-state index is 11.8. The molecule has 0 N–H and O–H groups in total. The molecule has 1 unspecified atom stereocenters. The molecule has 0 amide bonds. The minimum atomic E-state index is -2.41. The summed E-state index contributed by atoms with van der Waals surface area (Å²) in [7, 11) is 0. The molecule has 0 aromatic heterocycles. The molecule has 0 aliphatic carbocycles.